The van der Waals surface area contributed by atoms with Gasteiger partial charge >= 0.3 is 5.97 Å². The minimum atomic E-state index is -3.79. The largest absolute Gasteiger partial charge is 0.453 e. The molecule has 1 aromatic heterocycles. The molecule has 1 atom stereocenters. The van der Waals surface area contributed by atoms with Gasteiger partial charge in [0.15, 0.2) is 6.10 Å². The molecular weight excluding hydrogens is 416 g/mol. The van der Waals surface area contributed by atoms with Gasteiger partial charge in [0.05, 0.1) is 0 Å². The second-order valence-electron chi connectivity index (χ2n) is 6.47. The topological polar surface area (TPSA) is 119 Å². The molecule has 1 aromatic carbocycles. The first kappa shape index (κ1) is 22.7. The number of benzene rings is 1. The van der Waals surface area contributed by atoms with Gasteiger partial charge in [0, 0.05) is 17.2 Å². The second kappa shape index (κ2) is 9.77. The fraction of sp³-hybridized carbons (Fsp3) is 0.316. The smallest absolute Gasteiger partial charge is 0.321 e. The van der Waals surface area contributed by atoms with Gasteiger partial charge in [-0.1, -0.05) is 19.9 Å². The molecule has 0 fully saturated rings. The molecule has 0 unspecified atom stereocenters. The maximum Gasteiger partial charge on any atom is 0.321 e. The number of sulfonamides is 1. The molecule has 2 N–H and O–H groups in total. The standard InChI is InChI=1S/C19H22N2O6S2/c1-12(2)19(24)21-15-8-6-14(7-9-15)18(23)13(3)27-16(22)11-20-29(25,26)17-5-4-10-28-17/h4-10,12-13,20H,11H2,1-3H3,(H,21,24)/t13-/m0/s1. The van der Waals surface area contributed by atoms with Gasteiger partial charge < -0.3 is 10.1 Å². The maximum absolute atomic E-state index is 12.4. The summed E-state index contributed by atoms with van der Waals surface area (Å²) in [5.74, 6) is -1.63. The van der Waals surface area contributed by atoms with E-state index in [1.807, 2.05) is 0 Å². The van der Waals surface area contributed by atoms with Crippen molar-refractivity contribution >= 4 is 44.7 Å². The molecule has 0 saturated heterocycles. The summed E-state index contributed by atoms with van der Waals surface area (Å²) in [6.07, 6.45) is -1.09. The third-order valence-electron chi connectivity index (χ3n) is 3.81. The minimum absolute atomic E-state index is 0.0825. The Hall–Kier alpha value is -2.56. The van der Waals surface area contributed by atoms with Crippen LogP contribution >= 0.6 is 11.3 Å². The van der Waals surface area contributed by atoms with Crippen molar-refractivity contribution in [3.8, 4) is 0 Å². The summed E-state index contributed by atoms with van der Waals surface area (Å²) in [6, 6.07) is 9.19. The Morgan fingerprint density at radius 3 is 2.28 bits per heavy atom. The molecule has 0 aliphatic heterocycles. The zero-order chi connectivity index (χ0) is 21.6. The average molecular weight is 439 g/mol. The van der Waals surface area contributed by atoms with Crippen molar-refractivity contribution in [2.75, 3.05) is 11.9 Å². The monoisotopic (exact) mass is 438 g/mol. The Balaban J connectivity index is 1.89. The summed E-state index contributed by atoms with van der Waals surface area (Å²) in [6.45, 7) is 4.36. The quantitative estimate of drug-likeness (QED) is 0.458. The molecule has 0 spiro atoms. The summed E-state index contributed by atoms with van der Waals surface area (Å²) in [7, 11) is -3.79. The summed E-state index contributed by atoms with van der Waals surface area (Å²) in [4.78, 5) is 36.0. The van der Waals surface area contributed by atoms with E-state index in [9.17, 15) is 22.8 Å². The van der Waals surface area contributed by atoms with Crippen molar-refractivity contribution in [1.29, 1.82) is 0 Å². The van der Waals surface area contributed by atoms with E-state index in [0.29, 0.717) is 11.3 Å². The van der Waals surface area contributed by atoms with E-state index in [1.165, 1.54) is 25.1 Å². The third kappa shape index (κ3) is 6.48. The number of hydrogen-bond acceptors (Lipinski definition) is 7. The highest BCUT2D eigenvalue weighted by molar-refractivity contribution is 7.91. The molecule has 0 bridgehead atoms. The first-order valence-electron chi connectivity index (χ1n) is 8.78. The number of anilines is 1. The van der Waals surface area contributed by atoms with Gasteiger partial charge in [-0.15, -0.1) is 11.3 Å². The average Bonchev–Trinajstić information content (AvgIpc) is 3.22. The number of ketones is 1. The van der Waals surface area contributed by atoms with Crippen LogP contribution in [0.2, 0.25) is 0 Å². The van der Waals surface area contributed by atoms with Crippen molar-refractivity contribution in [3.05, 3.63) is 47.3 Å². The number of amides is 1. The Morgan fingerprint density at radius 2 is 1.72 bits per heavy atom. The number of thiophene rings is 1. The Morgan fingerprint density at radius 1 is 1.07 bits per heavy atom. The highest BCUT2D eigenvalue weighted by Gasteiger charge is 2.22. The van der Waals surface area contributed by atoms with Crippen molar-refractivity contribution < 1.29 is 27.5 Å². The van der Waals surface area contributed by atoms with E-state index in [2.05, 4.69) is 10.0 Å². The summed E-state index contributed by atoms with van der Waals surface area (Å²) in [5, 5.41) is 4.32. The number of rotatable bonds is 9. The number of Topliss-reactive ketones (excluding diaryl/α,β-unsaturated/α-hetero) is 1. The van der Waals surface area contributed by atoms with Crippen LogP contribution in [0.25, 0.3) is 0 Å². The molecule has 10 heteroatoms. The van der Waals surface area contributed by atoms with Gasteiger partial charge in [0.25, 0.3) is 10.0 Å². The van der Waals surface area contributed by atoms with Crippen molar-refractivity contribution in [2.24, 2.45) is 5.92 Å². The lowest BCUT2D eigenvalue weighted by molar-refractivity contribution is -0.144. The number of carbonyl (C=O) groups excluding carboxylic acids is 3. The van der Waals surface area contributed by atoms with E-state index in [-0.39, 0.29) is 16.0 Å². The zero-order valence-corrected chi connectivity index (χ0v) is 17.8. The highest BCUT2D eigenvalue weighted by atomic mass is 32.2. The molecule has 2 rings (SSSR count). The Kier molecular flexibility index (Phi) is 7.66. The molecule has 156 valence electrons. The minimum Gasteiger partial charge on any atom is -0.453 e. The van der Waals surface area contributed by atoms with Crippen molar-refractivity contribution in [2.45, 2.75) is 31.1 Å². The molecule has 0 radical (unpaired) electrons. The number of hydrogen-bond donors (Lipinski definition) is 2. The van der Waals surface area contributed by atoms with E-state index < -0.39 is 34.4 Å². The van der Waals surface area contributed by atoms with Crippen LogP contribution in [0.1, 0.15) is 31.1 Å². The van der Waals surface area contributed by atoms with E-state index in [4.69, 9.17) is 4.74 Å². The molecule has 0 aliphatic carbocycles. The van der Waals surface area contributed by atoms with Crippen molar-refractivity contribution in [1.82, 2.24) is 4.72 Å². The predicted octanol–water partition coefficient (Wildman–Crippen LogP) is 2.44. The highest BCUT2D eigenvalue weighted by Crippen LogP contribution is 2.16. The van der Waals surface area contributed by atoms with Crippen LogP contribution in [0.3, 0.4) is 0 Å². The first-order valence-corrected chi connectivity index (χ1v) is 11.1. The van der Waals surface area contributed by atoms with Gasteiger partial charge in [-0.2, -0.15) is 4.72 Å². The maximum atomic E-state index is 12.4. The van der Waals surface area contributed by atoms with Gasteiger partial charge in [0.1, 0.15) is 10.8 Å². The number of carbonyl (C=O) groups is 3. The van der Waals surface area contributed by atoms with Crippen LogP contribution in [0.4, 0.5) is 5.69 Å². The Bertz CT molecular complexity index is 967. The summed E-state index contributed by atoms with van der Waals surface area (Å²) in [5.41, 5.74) is 0.847. The van der Waals surface area contributed by atoms with Gasteiger partial charge in [-0.05, 0) is 42.6 Å². The first-order chi connectivity index (χ1) is 13.6. The summed E-state index contributed by atoms with van der Waals surface area (Å²) < 4.78 is 31.2. The fourth-order valence-corrected chi connectivity index (χ4v) is 4.18. The van der Waals surface area contributed by atoms with Crippen LogP contribution in [0, 0.1) is 5.92 Å². The zero-order valence-electron chi connectivity index (χ0n) is 16.2. The van der Waals surface area contributed by atoms with Crippen LogP contribution in [-0.2, 0) is 24.3 Å². The van der Waals surface area contributed by atoms with Crippen LogP contribution in [-0.4, -0.2) is 38.7 Å². The number of nitrogens with one attached hydrogen (secondary N) is 2. The number of esters is 1. The lowest BCUT2D eigenvalue weighted by Gasteiger charge is -2.13. The SMILES string of the molecule is CC(C)C(=O)Nc1ccc(C(=O)[C@H](C)OC(=O)CNS(=O)(=O)c2cccs2)cc1. The van der Waals surface area contributed by atoms with Crippen molar-refractivity contribution in [3.63, 3.8) is 0 Å². The lowest BCUT2D eigenvalue weighted by atomic mass is 10.1. The molecule has 8 nitrogen and oxygen atoms in total. The molecule has 0 saturated carbocycles. The van der Waals surface area contributed by atoms with Crippen LogP contribution in [0.5, 0.6) is 0 Å². The van der Waals surface area contributed by atoms with Crippen LogP contribution < -0.4 is 10.0 Å². The van der Waals surface area contributed by atoms with E-state index >= 15 is 0 Å². The van der Waals surface area contributed by atoms with Gasteiger partial charge in [-0.25, -0.2) is 8.42 Å². The van der Waals surface area contributed by atoms with E-state index in [0.717, 1.165) is 11.3 Å². The fourth-order valence-electron chi connectivity index (χ4n) is 2.17. The molecular formula is C19H22N2O6S2. The summed E-state index contributed by atoms with van der Waals surface area (Å²) >= 11 is 1.02. The molecule has 2 aromatic rings. The normalized spacial score (nSPS) is 12.4. The van der Waals surface area contributed by atoms with E-state index in [1.54, 1.807) is 37.4 Å². The lowest BCUT2D eigenvalue weighted by Crippen LogP contribution is -2.33. The Labute approximate surface area is 173 Å². The number of ether oxygens (including phenoxy) is 1. The third-order valence-corrected chi connectivity index (χ3v) is 6.60. The van der Waals surface area contributed by atoms with Gasteiger partial charge in [0.2, 0.25) is 11.7 Å². The van der Waals surface area contributed by atoms with Gasteiger partial charge in [-0.3, -0.25) is 14.4 Å². The second-order valence-corrected chi connectivity index (χ2v) is 9.42. The molecule has 1 heterocycles. The molecule has 29 heavy (non-hydrogen) atoms. The molecule has 1 amide bonds. The molecule has 0 aliphatic rings. The predicted molar refractivity (Wildman–Crippen MR) is 109 cm³/mol. The van der Waals surface area contributed by atoms with Crippen LogP contribution in [0.15, 0.2) is 46.0 Å².